The van der Waals surface area contributed by atoms with E-state index in [2.05, 4.69) is 32.5 Å². The molecule has 5 heteroatoms. The molecule has 0 radical (unpaired) electrons. The summed E-state index contributed by atoms with van der Waals surface area (Å²) < 4.78 is 2.29. The van der Waals surface area contributed by atoms with Crippen molar-refractivity contribution in [1.82, 2.24) is 19.4 Å². The van der Waals surface area contributed by atoms with Crippen molar-refractivity contribution < 1.29 is 4.79 Å². The summed E-state index contributed by atoms with van der Waals surface area (Å²) in [6, 6.07) is 0.563. The second-order valence-corrected chi connectivity index (χ2v) is 8.10. The second kappa shape index (κ2) is 6.51. The van der Waals surface area contributed by atoms with Crippen molar-refractivity contribution >= 4 is 5.91 Å². The molecule has 0 unspecified atom stereocenters. The summed E-state index contributed by atoms with van der Waals surface area (Å²) in [5, 5.41) is 0. The molecular formula is C19H30N4O. The Bertz CT molecular complexity index is 594. The molecule has 1 atom stereocenters. The molecular weight excluding hydrogens is 300 g/mol. The summed E-state index contributed by atoms with van der Waals surface area (Å²) in [4.78, 5) is 21.6. The molecule has 0 N–H and O–H groups in total. The molecule has 2 aliphatic heterocycles. The Kier molecular flexibility index (Phi) is 4.37. The van der Waals surface area contributed by atoms with Crippen molar-refractivity contribution in [2.45, 2.75) is 71.0 Å². The SMILES string of the molecule is CCCn1ccnc1CN1CCC[C@]2(CCC(=O)N(C3CC3)C2)C1. The van der Waals surface area contributed by atoms with Crippen LogP contribution >= 0.6 is 0 Å². The fourth-order valence-corrected chi connectivity index (χ4v) is 4.68. The molecule has 2 saturated heterocycles. The van der Waals surface area contributed by atoms with E-state index in [4.69, 9.17) is 0 Å². The Morgan fingerprint density at radius 3 is 2.96 bits per heavy atom. The topological polar surface area (TPSA) is 41.4 Å². The third-order valence-corrected chi connectivity index (χ3v) is 6.05. The van der Waals surface area contributed by atoms with E-state index in [0.717, 1.165) is 52.0 Å². The van der Waals surface area contributed by atoms with E-state index in [-0.39, 0.29) is 0 Å². The van der Waals surface area contributed by atoms with Crippen LogP contribution < -0.4 is 0 Å². The fraction of sp³-hybridized carbons (Fsp3) is 0.789. The molecule has 0 aromatic carbocycles. The highest BCUT2D eigenvalue weighted by Gasteiger charge is 2.45. The number of carbonyl (C=O) groups is 1. The quantitative estimate of drug-likeness (QED) is 0.833. The maximum absolute atomic E-state index is 12.3. The predicted molar refractivity (Wildman–Crippen MR) is 93.4 cm³/mol. The highest BCUT2D eigenvalue weighted by molar-refractivity contribution is 5.78. The van der Waals surface area contributed by atoms with E-state index >= 15 is 0 Å². The molecule has 1 aliphatic carbocycles. The van der Waals surface area contributed by atoms with Gasteiger partial charge in [-0.05, 0) is 45.1 Å². The zero-order valence-electron chi connectivity index (χ0n) is 14.9. The number of aromatic nitrogens is 2. The predicted octanol–water partition coefficient (Wildman–Crippen LogP) is 2.66. The van der Waals surface area contributed by atoms with Gasteiger partial charge in [-0.2, -0.15) is 0 Å². The minimum atomic E-state index is 0.330. The Balaban J connectivity index is 1.43. The highest BCUT2D eigenvalue weighted by atomic mass is 16.2. The third-order valence-electron chi connectivity index (χ3n) is 6.05. The van der Waals surface area contributed by atoms with Crippen molar-refractivity contribution in [2.75, 3.05) is 19.6 Å². The Labute approximate surface area is 145 Å². The number of hydrogen-bond donors (Lipinski definition) is 0. The largest absolute Gasteiger partial charge is 0.339 e. The van der Waals surface area contributed by atoms with Gasteiger partial charge in [-0.1, -0.05) is 6.92 Å². The Morgan fingerprint density at radius 1 is 1.29 bits per heavy atom. The van der Waals surface area contributed by atoms with Gasteiger partial charge in [0, 0.05) is 49.9 Å². The lowest BCUT2D eigenvalue weighted by Crippen LogP contribution is -2.54. The monoisotopic (exact) mass is 330 g/mol. The zero-order valence-corrected chi connectivity index (χ0v) is 14.9. The van der Waals surface area contributed by atoms with Gasteiger partial charge in [0.2, 0.25) is 5.91 Å². The van der Waals surface area contributed by atoms with E-state index in [0.29, 0.717) is 17.4 Å². The summed E-state index contributed by atoms with van der Waals surface area (Å²) in [6.07, 6.45) is 12.0. The summed E-state index contributed by atoms with van der Waals surface area (Å²) in [5.41, 5.74) is 0.330. The number of likely N-dealkylation sites (tertiary alicyclic amines) is 2. The van der Waals surface area contributed by atoms with Crippen LogP contribution in [-0.4, -0.2) is 50.9 Å². The first-order chi connectivity index (χ1) is 11.7. The standard InChI is InChI=1S/C19H30N4O/c1-2-10-22-12-9-20-17(22)13-21-11-3-7-19(14-21)8-6-18(24)23(15-19)16-4-5-16/h9,12,16H,2-8,10-11,13-15H2,1H3/t19-/m0/s1. The molecule has 3 aliphatic rings. The molecule has 1 aromatic heterocycles. The molecule has 3 fully saturated rings. The lowest BCUT2D eigenvalue weighted by atomic mass is 9.73. The van der Waals surface area contributed by atoms with Crippen molar-refractivity contribution in [2.24, 2.45) is 5.41 Å². The van der Waals surface area contributed by atoms with E-state index in [1.807, 2.05) is 6.20 Å². The number of imidazole rings is 1. The highest BCUT2D eigenvalue weighted by Crippen LogP contribution is 2.42. The first-order valence-corrected chi connectivity index (χ1v) is 9.71. The molecule has 132 valence electrons. The fourth-order valence-electron chi connectivity index (χ4n) is 4.68. The summed E-state index contributed by atoms with van der Waals surface area (Å²) >= 11 is 0. The summed E-state index contributed by atoms with van der Waals surface area (Å²) in [6.45, 7) is 7.51. The van der Waals surface area contributed by atoms with E-state index in [1.54, 1.807) is 0 Å². The van der Waals surface area contributed by atoms with Gasteiger partial charge < -0.3 is 9.47 Å². The summed E-state index contributed by atoms with van der Waals surface area (Å²) in [7, 11) is 0. The molecule has 24 heavy (non-hydrogen) atoms. The van der Waals surface area contributed by atoms with E-state index < -0.39 is 0 Å². The average molecular weight is 330 g/mol. The van der Waals surface area contributed by atoms with Crippen LogP contribution in [0, 0.1) is 5.41 Å². The number of amides is 1. The average Bonchev–Trinajstić information content (AvgIpc) is 3.33. The number of carbonyl (C=O) groups excluding carboxylic acids is 1. The maximum atomic E-state index is 12.3. The van der Waals surface area contributed by atoms with Crippen molar-refractivity contribution in [3.05, 3.63) is 18.2 Å². The van der Waals surface area contributed by atoms with Crippen LogP contribution in [0.4, 0.5) is 0 Å². The minimum Gasteiger partial charge on any atom is -0.339 e. The van der Waals surface area contributed by atoms with Crippen LogP contribution in [0.15, 0.2) is 12.4 Å². The molecule has 4 rings (SSSR count). The van der Waals surface area contributed by atoms with Gasteiger partial charge in [0.25, 0.3) is 0 Å². The number of aryl methyl sites for hydroxylation is 1. The smallest absolute Gasteiger partial charge is 0.222 e. The molecule has 1 amide bonds. The first kappa shape index (κ1) is 16.1. The normalized spacial score (nSPS) is 28.7. The second-order valence-electron chi connectivity index (χ2n) is 8.10. The van der Waals surface area contributed by atoms with Gasteiger partial charge >= 0.3 is 0 Å². The minimum absolute atomic E-state index is 0.330. The van der Waals surface area contributed by atoms with Gasteiger partial charge in [0.1, 0.15) is 5.82 Å². The van der Waals surface area contributed by atoms with Crippen LogP contribution in [0.2, 0.25) is 0 Å². The molecule has 1 aromatic rings. The Morgan fingerprint density at radius 2 is 2.17 bits per heavy atom. The van der Waals surface area contributed by atoms with E-state index in [9.17, 15) is 4.79 Å². The van der Waals surface area contributed by atoms with Crippen molar-refractivity contribution in [3.63, 3.8) is 0 Å². The van der Waals surface area contributed by atoms with Crippen LogP contribution in [-0.2, 0) is 17.9 Å². The number of nitrogens with zero attached hydrogens (tertiary/aromatic N) is 4. The van der Waals surface area contributed by atoms with Crippen LogP contribution in [0.5, 0.6) is 0 Å². The molecule has 5 nitrogen and oxygen atoms in total. The molecule has 0 bridgehead atoms. The van der Waals surface area contributed by atoms with Crippen molar-refractivity contribution in [1.29, 1.82) is 0 Å². The van der Waals surface area contributed by atoms with Gasteiger partial charge in [-0.25, -0.2) is 4.98 Å². The zero-order chi connectivity index (χ0) is 16.6. The molecule has 3 heterocycles. The Hall–Kier alpha value is -1.36. The van der Waals surface area contributed by atoms with Crippen molar-refractivity contribution in [3.8, 4) is 0 Å². The van der Waals surface area contributed by atoms with Gasteiger partial charge in [-0.15, -0.1) is 0 Å². The lowest BCUT2D eigenvalue weighted by Gasteiger charge is -2.48. The van der Waals surface area contributed by atoms with Gasteiger partial charge in [0.15, 0.2) is 0 Å². The number of rotatable bonds is 5. The lowest BCUT2D eigenvalue weighted by molar-refractivity contribution is -0.140. The van der Waals surface area contributed by atoms with Crippen LogP contribution in [0.1, 0.15) is 57.7 Å². The number of piperidine rings is 2. The van der Waals surface area contributed by atoms with Crippen LogP contribution in [0.25, 0.3) is 0 Å². The van der Waals surface area contributed by atoms with Gasteiger partial charge in [0.05, 0.1) is 6.54 Å². The van der Waals surface area contributed by atoms with Gasteiger partial charge in [-0.3, -0.25) is 9.69 Å². The first-order valence-electron chi connectivity index (χ1n) is 9.71. The molecule has 1 saturated carbocycles. The van der Waals surface area contributed by atoms with Crippen LogP contribution in [0.3, 0.4) is 0 Å². The third kappa shape index (κ3) is 3.23. The number of hydrogen-bond acceptors (Lipinski definition) is 3. The summed E-state index contributed by atoms with van der Waals surface area (Å²) in [5.74, 6) is 1.60. The maximum Gasteiger partial charge on any atom is 0.222 e. The molecule has 1 spiro atoms. The van der Waals surface area contributed by atoms with E-state index in [1.165, 1.54) is 31.5 Å².